The Morgan fingerprint density at radius 2 is 0.800 bits per heavy atom. The van der Waals surface area contributed by atoms with Gasteiger partial charge >= 0.3 is 0 Å². The summed E-state index contributed by atoms with van der Waals surface area (Å²) in [6.07, 6.45) is -0.699. The van der Waals surface area contributed by atoms with E-state index in [4.69, 9.17) is 14.2 Å². The van der Waals surface area contributed by atoms with Crippen molar-refractivity contribution in [1.82, 2.24) is 4.90 Å². The van der Waals surface area contributed by atoms with Crippen molar-refractivity contribution in [3.63, 3.8) is 0 Å². The van der Waals surface area contributed by atoms with E-state index in [2.05, 4.69) is 23.1 Å². The molecule has 3 atom stereocenters. The summed E-state index contributed by atoms with van der Waals surface area (Å²) in [6, 6.07) is 24.2. The number of ether oxygens (including phenoxy) is 3. The average molecular weight is 329 g/mol. The third-order valence-corrected chi connectivity index (χ3v) is 5.08. The highest BCUT2D eigenvalue weighted by Crippen LogP contribution is 2.55. The minimum atomic E-state index is -0.233. The topological polar surface area (TPSA) is 30.9 Å². The third kappa shape index (κ3) is 1.74. The maximum atomic E-state index is 6.38. The largest absolute Gasteiger partial charge is 0.470 e. The highest BCUT2D eigenvalue weighted by Gasteiger charge is 2.50. The Labute approximate surface area is 145 Å². The molecule has 3 aromatic carbocycles. The van der Waals surface area contributed by atoms with Crippen molar-refractivity contribution in [3.05, 3.63) is 89.5 Å². The molecule has 0 aromatic heterocycles. The van der Waals surface area contributed by atoms with Gasteiger partial charge in [-0.25, -0.2) is 0 Å². The highest BCUT2D eigenvalue weighted by molar-refractivity contribution is 5.47. The first-order valence-electron chi connectivity index (χ1n) is 8.44. The van der Waals surface area contributed by atoms with Crippen LogP contribution in [-0.4, -0.2) is 4.90 Å². The molecule has 122 valence electrons. The van der Waals surface area contributed by atoms with Gasteiger partial charge in [-0.05, 0) is 18.2 Å². The second-order valence-electron chi connectivity index (χ2n) is 6.47. The van der Waals surface area contributed by atoms with Gasteiger partial charge < -0.3 is 14.2 Å². The molecule has 0 saturated carbocycles. The summed E-state index contributed by atoms with van der Waals surface area (Å²) in [5.41, 5.74) is 3.09. The van der Waals surface area contributed by atoms with E-state index in [1.165, 1.54) is 0 Å². The van der Waals surface area contributed by atoms with Crippen LogP contribution in [0.25, 0.3) is 0 Å². The molecule has 0 spiro atoms. The van der Waals surface area contributed by atoms with Crippen LogP contribution < -0.4 is 14.2 Å². The SMILES string of the molecule is c1ccc2c(c1)OC1c3ccccc3OC3c4ccccc4OC2N31. The summed E-state index contributed by atoms with van der Waals surface area (Å²) >= 11 is 0. The Hall–Kier alpha value is -2.98. The first-order chi connectivity index (χ1) is 12.4. The van der Waals surface area contributed by atoms with E-state index in [1.807, 2.05) is 54.6 Å². The molecule has 4 nitrogen and oxygen atoms in total. The zero-order valence-corrected chi connectivity index (χ0v) is 13.3. The highest BCUT2D eigenvalue weighted by atomic mass is 16.6. The van der Waals surface area contributed by atoms with Gasteiger partial charge in [0.2, 0.25) is 0 Å². The van der Waals surface area contributed by atoms with Crippen LogP contribution in [0.4, 0.5) is 0 Å². The summed E-state index contributed by atoms with van der Waals surface area (Å²) in [4.78, 5) is 2.17. The molecule has 0 aliphatic carbocycles. The number of hydrogen-bond donors (Lipinski definition) is 0. The molecule has 0 saturated heterocycles. The molecule has 0 radical (unpaired) electrons. The van der Waals surface area contributed by atoms with Gasteiger partial charge in [0.05, 0.1) is 16.7 Å². The first kappa shape index (κ1) is 13.3. The van der Waals surface area contributed by atoms with E-state index in [9.17, 15) is 0 Å². The van der Waals surface area contributed by atoms with Crippen LogP contribution in [0.1, 0.15) is 35.4 Å². The number of hydrogen-bond acceptors (Lipinski definition) is 4. The van der Waals surface area contributed by atoms with Crippen molar-refractivity contribution in [2.24, 2.45) is 0 Å². The zero-order chi connectivity index (χ0) is 16.4. The van der Waals surface area contributed by atoms with E-state index < -0.39 is 0 Å². The lowest BCUT2D eigenvalue weighted by molar-refractivity contribution is -0.202. The van der Waals surface area contributed by atoms with Crippen LogP contribution >= 0.6 is 0 Å². The summed E-state index contributed by atoms with van der Waals surface area (Å²) in [5.74, 6) is 2.59. The molecule has 3 aromatic rings. The molecule has 3 unspecified atom stereocenters. The monoisotopic (exact) mass is 329 g/mol. The summed E-state index contributed by atoms with van der Waals surface area (Å²) in [6.45, 7) is 0. The zero-order valence-electron chi connectivity index (χ0n) is 13.3. The van der Waals surface area contributed by atoms with Gasteiger partial charge in [0.25, 0.3) is 0 Å². The minimum Gasteiger partial charge on any atom is -0.470 e. The predicted molar refractivity (Wildman–Crippen MR) is 91.3 cm³/mol. The molecule has 0 bridgehead atoms. The van der Waals surface area contributed by atoms with E-state index in [1.54, 1.807) is 0 Å². The fourth-order valence-corrected chi connectivity index (χ4v) is 3.96. The van der Waals surface area contributed by atoms with E-state index >= 15 is 0 Å². The lowest BCUT2D eigenvalue weighted by Gasteiger charge is -2.51. The van der Waals surface area contributed by atoms with Crippen molar-refractivity contribution >= 4 is 0 Å². The first-order valence-corrected chi connectivity index (χ1v) is 8.44. The van der Waals surface area contributed by atoms with E-state index in [0.717, 1.165) is 33.9 Å². The quantitative estimate of drug-likeness (QED) is 0.605. The molecule has 0 fully saturated rings. The molecular formula is C21H15NO3. The number of benzene rings is 3. The molecule has 3 heterocycles. The molecule has 25 heavy (non-hydrogen) atoms. The molecule has 0 N–H and O–H groups in total. The van der Waals surface area contributed by atoms with Crippen LogP contribution in [0.3, 0.4) is 0 Å². The second-order valence-corrected chi connectivity index (χ2v) is 6.47. The van der Waals surface area contributed by atoms with Gasteiger partial charge in [-0.2, -0.15) is 4.90 Å². The third-order valence-electron chi connectivity index (χ3n) is 5.08. The standard InChI is InChI=1S/C21H15NO3/c1-4-10-16-13(7-1)19-22-20(23-16)15-9-3-6-12-18(15)25-21(22)14-8-2-5-11-17(14)24-19/h1-12,19-21H. The van der Waals surface area contributed by atoms with E-state index in [-0.39, 0.29) is 18.7 Å². The number of para-hydroxylation sites is 3. The molecule has 3 aliphatic rings. The summed E-state index contributed by atoms with van der Waals surface area (Å²) < 4.78 is 19.1. The van der Waals surface area contributed by atoms with Crippen molar-refractivity contribution in [3.8, 4) is 17.2 Å². The Morgan fingerprint density at radius 3 is 1.16 bits per heavy atom. The fraction of sp³-hybridized carbons (Fsp3) is 0.143. The van der Waals surface area contributed by atoms with Crippen molar-refractivity contribution in [2.45, 2.75) is 18.7 Å². The lowest BCUT2D eigenvalue weighted by Crippen LogP contribution is -2.50. The van der Waals surface area contributed by atoms with Gasteiger partial charge in [-0.15, -0.1) is 0 Å². The van der Waals surface area contributed by atoms with Crippen LogP contribution in [0.15, 0.2) is 72.8 Å². The van der Waals surface area contributed by atoms with Crippen molar-refractivity contribution in [2.75, 3.05) is 0 Å². The van der Waals surface area contributed by atoms with Crippen molar-refractivity contribution < 1.29 is 14.2 Å². The molecule has 3 aliphatic heterocycles. The van der Waals surface area contributed by atoms with Crippen LogP contribution in [-0.2, 0) is 0 Å². The predicted octanol–water partition coefficient (Wildman–Crippen LogP) is 4.56. The Bertz CT molecular complexity index is 859. The Kier molecular flexibility index (Phi) is 2.54. The van der Waals surface area contributed by atoms with E-state index in [0.29, 0.717) is 0 Å². The van der Waals surface area contributed by atoms with Gasteiger partial charge in [0.15, 0.2) is 18.7 Å². The lowest BCUT2D eigenvalue weighted by atomic mass is 9.99. The maximum Gasteiger partial charge on any atom is 0.188 e. The normalized spacial score (nSPS) is 25.2. The Balaban J connectivity index is 1.62. The maximum absolute atomic E-state index is 6.38. The summed E-state index contributed by atoms with van der Waals surface area (Å²) in [5, 5.41) is 0. The van der Waals surface area contributed by atoms with Gasteiger partial charge in [0, 0.05) is 0 Å². The smallest absolute Gasteiger partial charge is 0.188 e. The van der Waals surface area contributed by atoms with Crippen LogP contribution in [0.5, 0.6) is 17.2 Å². The fourth-order valence-electron chi connectivity index (χ4n) is 3.96. The number of fused-ring (bicyclic) bond motifs is 6. The Morgan fingerprint density at radius 1 is 0.480 bits per heavy atom. The van der Waals surface area contributed by atoms with Crippen LogP contribution in [0, 0.1) is 0 Å². The van der Waals surface area contributed by atoms with Crippen LogP contribution in [0.2, 0.25) is 0 Å². The average Bonchev–Trinajstić information content (AvgIpc) is 2.68. The molecule has 6 rings (SSSR count). The summed E-state index contributed by atoms with van der Waals surface area (Å²) in [7, 11) is 0. The van der Waals surface area contributed by atoms with Crippen molar-refractivity contribution in [1.29, 1.82) is 0 Å². The second kappa shape index (κ2) is 4.77. The molecule has 4 heteroatoms. The minimum absolute atomic E-state index is 0.233. The van der Waals surface area contributed by atoms with Gasteiger partial charge in [0.1, 0.15) is 17.2 Å². The van der Waals surface area contributed by atoms with Gasteiger partial charge in [-0.1, -0.05) is 54.6 Å². The van der Waals surface area contributed by atoms with Gasteiger partial charge in [-0.3, -0.25) is 0 Å². The number of rotatable bonds is 0. The molecular weight excluding hydrogens is 314 g/mol. The molecule has 0 amide bonds. The number of nitrogens with zero attached hydrogens (tertiary/aromatic N) is 1.